The van der Waals surface area contributed by atoms with Crippen LogP contribution in [0.2, 0.25) is 0 Å². The summed E-state index contributed by atoms with van der Waals surface area (Å²) in [4.78, 5) is 0. The molecule has 1 aromatic rings. The van der Waals surface area contributed by atoms with E-state index in [1.54, 1.807) is 12.1 Å². The lowest BCUT2D eigenvalue weighted by Crippen LogP contribution is -1.99. The Morgan fingerprint density at radius 2 is 2.15 bits per heavy atom. The molecule has 13 heavy (non-hydrogen) atoms. The summed E-state index contributed by atoms with van der Waals surface area (Å²) in [5, 5.41) is 0. The number of nitrogen functional groups attached to an aromatic ring is 2. The van der Waals surface area contributed by atoms with Gasteiger partial charge in [-0.1, -0.05) is 12.1 Å². The lowest BCUT2D eigenvalue weighted by molar-refractivity contribution is 0.149. The molecule has 0 spiro atoms. The first kappa shape index (κ1) is 9.61. The van der Waals surface area contributed by atoms with E-state index < -0.39 is 0 Å². The van der Waals surface area contributed by atoms with Gasteiger partial charge in [0.15, 0.2) is 0 Å². The Labute approximate surface area is 78.0 Å². The maximum atomic E-state index is 5.72. The van der Waals surface area contributed by atoms with Crippen LogP contribution >= 0.6 is 0 Å². The van der Waals surface area contributed by atoms with E-state index in [4.69, 9.17) is 16.2 Å². The first-order chi connectivity index (χ1) is 6.24. The van der Waals surface area contributed by atoms with Crippen LogP contribution in [0.15, 0.2) is 30.9 Å². The molecule has 0 aromatic heterocycles. The van der Waals surface area contributed by atoms with Gasteiger partial charge in [-0.15, -0.1) is 6.58 Å². The number of anilines is 2. The Hall–Kier alpha value is -1.48. The van der Waals surface area contributed by atoms with Crippen LogP contribution in [0.3, 0.4) is 0 Å². The van der Waals surface area contributed by atoms with Crippen molar-refractivity contribution >= 4 is 11.4 Å². The number of hydrogen-bond acceptors (Lipinski definition) is 3. The molecule has 0 radical (unpaired) electrons. The summed E-state index contributed by atoms with van der Waals surface area (Å²) in [6, 6.07) is 5.41. The van der Waals surface area contributed by atoms with Crippen molar-refractivity contribution < 1.29 is 4.74 Å². The van der Waals surface area contributed by atoms with E-state index in [1.807, 2.05) is 12.1 Å². The normalized spacial score (nSPS) is 9.85. The summed E-state index contributed by atoms with van der Waals surface area (Å²) >= 11 is 0. The molecule has 70 valence electrons. The molecule has 0 aliphatic rings. The molecule has 0 unspecified atom stereocenters. The molecular formula is C10H14N2O. The third-order valence-electron chi connectivity index (χ3n) is 1.66. The first-order valence-corrected chi connectivity index (χ1v) is 4.06. The third kappa shape index (κ3) is 2.80. The van der Waals surface area contributed by atoms with Crippen molar-refractivity contribution in [1.29, 1.82) is 0 Å². The summed E-state index contributed by atoms with van der Waals surface area (Å²) in [5.74, 6) is 0. The van der Waals surface area contributed by atoms with Crippen LogP contribution in [0.1, 0.15) is 5.56 Å². The lowest BCUT2D eigenvalue weighted by Gasteiger charge is -2.05. The van der Waals surface area contributed by atoms with Gasteiger partial charge >= 0.3 is 0 Å². The number of nitrogens with two attached hydrogens (primary N) is 2. The van der Waals surface area contributed by atoms with E-state index in [1.165, 1.54) is 0 Å². The molecule has 0 heterocycles. The van der Waals surface area contributed by atoms with E-state index in [-0.39, 0.29) is 0 Å². The van der Waals surface area contributed by atoms with Gasteiger partial charge in [0.2, 0.25) is 0 Å². The minimum atomic E-state index is 0.498. The van der Waals surface area contributed by atoms with Crippen LogP contribution in [-0.4, -0.2) is 6.61 Å². The van der Waals surface area contributed by atoms with Gasteiger partial charge in [-0.2, -0.15) is 0 Å². The highest BCUT2D eigenvalue weighted by Crippen LogP contribution is 2.16. The first-order valence-electron chi connectivity index (χ1n) is 4.06. The van der Waals surface area contributed by atoms with Gasteiger partial charge in [0, 0.05) is 16.9 Å². The van der Waals surface area contributed by atoms with E-state index in [9.17, 15) is 0 Å². The lowest BCUT2D eigenvalue weighted by atomic mass is 10.2. The average molecular weight is 178 g/mol. The van der Waals surface area contributed by atoms with Crippen LogP contribution in [0.25, 0.3) is 0 Å². The van der Waals surface area contributed by atoms with Crippen molar-refractivity contribution in [2.45, 2.75) is 6.61 Å². The standard InChI is InChI=1S/C10H14N2O/c1-2-5-13-7-8-3-4-9(11)6-10(8)12/h2-4,6H,1,5,7,11-12H2. The molecule has 1 aromatic carbocycles. The van der Waals surface area contributed by atoms with E-state index >= 15 is 0 Å². The Balaban J connectivity index is 2.61. The predicted molar refractivity (Wildman–Crippen MR) is 55.1 cm³/mol. The van der Waals surface area contributed by atoms with Gasteiger partial charge in [0.25, 0.3) is 0 Å². The minimum absolute atomic E-state index is 0.498. The van der Waals surface area contributed by atoms with Gasteiger partial charge in [0.05, 0.1) is 13.2 Å². The smallest absolute Gasteiger partial charge is 0.0741 e. The molecule has 0 aliphatic carbocycles. The second-order valence-corrected chi connectivity index (χ2v) is 2.76. The van der Waals surface area contributed by atoms with Gasteiger partial charge in [-0.05, 0) is 12.1 Å². The van der Waals surface area contributed by atoms with Crippen molar-refractivity contribution in [3.63, 3.8) is 0 Å². The highest BCUT2D eigenvalue weighted by Gasteiger charge is 1.98. The van der Waals surface area contributed by atoms with Crippen molar-refractivity contribution in [3.8, 4) is 0 Å². The van der Waals surface area contributed by atoms with E-state index in [0.717, 1.165) is 5.56 Å². The monoisotopic (exact) mass is 178 g/mol. The zero-order valence-electron chi connectivity index (χ0n) is 7.49. The molecule has 0 atom stereocenters. The average Bonchev–Trinajstić information content (AvgIpc) is 2.09. The van der Waals surface area contributed by atoms with Gasteiger partial charge in [0.1, 0.15) is 0 Å². The quantitative estimate of drug-likeness (QED) is 0.418. The Kier molecular flexibility index (Phi) is 3.34. The molecule has 0 amide bonds. The molecular weight excluding hydrogens is 164 g/mol. The van der Waals surface area contributed by atoms with Crippen molar-refractivity contribution in [2.75, 3.05) is 18.1 Å². The molecule has 4 N–H and O–H groups in total. The second-order valence-electron chi connectivity index (χ2n) is 2.76. The van der Waals surface area contributed by atoms with Gasteiger partial charge in [-0.25, -0.2) is 0 Å². The van der Waals surface area contributed by atoms with Crippen LogP contribution in [0, 0.1) is 0 Å². The number of rotatable bonds is 4. The maximum Gasteiger partial charge on any atom is 0.0741 e. The van der Waals surface area contributed by atoms with Crippen molar-refractivity contribution in [2.24, 2.45) is 0 Å². The summed E-state index contributed by atoms with van der Waals surface area (Å²) < 4.78 is 5.25. The summed E-state index contributed by atoms with van der Waals surface area (Å²) in [5.41, 5.74) is 13.6. The molecule has 3 nitrogen and oxygen atoms in total. The highest BCUT2D eigenvalue weighted by molar-refractivity contribution is 5.56. The fraction of sp³-hybridized carbons (Fsp3) is 0.200. The number of hydrogen-bond donors (Lipinski definition) is 2. The second kappa shape index (κ2) is 4.52. The zero-order chi connectivity index (χ0) is 9.68. The predicted octanol–water partition coefficient (Wildman–Crippen LogP) is 1.55. The van der Waals surface area contributed by atoms with Gasteiger partial charge in [-0.3, -0.25) is 0 Å². The SMILES string of the molecule is C=CCOCc1ccc(N)cc1N. The third-order valence-corrected chi connectivity index (χ3v) is 1.66. The van der Waals surface area contributed by atoms with E-state index in [2.05, 4.69) is 6.58 Å². The van der Waals surface area contributed by atoms with Gasteiger partial charge < -0.3 is 16.2 Å². The molecule has 0 saturated heterocycles. The van der Waals surface area contributed by atoms with Crippen LogP contribution in [0.5, 0.6) is 0 Å². The minimum Gasteiger partial charge on any atom is -0.399 e. The Bertz CT molecular complexity index is 297. The van der Waals surface area contributed by atoms with Crippen LogP contribution in [-0.2, 0) is 11.3 Å². The molecule has 0 fully saturated rings. The maximum absolute atomic E-state index is 5.72. The molecule has 3 heteroatoms. The summed E-state index contributed by atoms with van der Waals surface area (Å²) in [7, 11) is 0. The number of ether oxygens (including phenoxy) is 1. The fourth-order valence-corrected chi connectivity index (χ4v) is 0.997. The molecule has 1 rings (SSSR count). The highest BCUT2D eigenvalue weighted by atomic mass is 16.5. The van der Waals surface area contributed by atoms with Crippen molar-refractivity contribution in [1.82, 2.24) is 0 Å². The van der Waals surface area contributed by atoms with Crippen LogP contribution < -0.4 is 11.5 Å². The van der Waals surface area contributed by atoms with Crippen LogP contribution in [0.4, 0.5) is 11.4 Å². The Morgan fingerprint density at radius 3 is 2.77 bits per heavy atom. The topological polar surface area (TPSA) is 61.3 Å². The summed E-state index contributed by atoms with van der Waals surface area (Å²) in [6.07, 6.45) is 1.70. The molecule has 0 saturated carbocycles. The zero-order valence-corrected chi connectivity index (χ0v) is 7.49. The Morgan fingerprint density at radius 1 is 1.38 bits per heavy atom. The largest absolute Gasteiger partial charge is 0.399 e. The van der Waals surface area contributed by atoms with E-state index in [0.29, 0.717) is 24.6 Å². The molecule has 0 bridgehead atoms. The van der Waals surface area contributed by atoms with Crippen molar-refractivity contribution in [3.05, 3.63) is 36.4 Å². The number of benzene rings is 1. The summed E-state index contributed by atoms with van der Waals surface area (Å²) in [6.45, 7) is 4.58. The molecule has 0 aliphatic heterocycles. The fourth-order valence-electron chi connectivity index (χ4n) is 0.997.